The second-order valence-corrected chi connectivity index (χ2v) is 17.1. The Morgan fingerprint density at radius 1 is 0.672 bits per heavy atom. The summed E-state index contributed by atoms with van der Waals surface area (Å²) in [4.78, 5) is 29.4. The van der Waals surface area contributed by atoms with Gasteiger partial charge in [0.25, 0.3) is 5.91 Å². The number of carbonyl (C=O) groups is 2. The van der Waals surface area contributed by atoms with Crippen molar-refractivity contribution in [3.63, 3.8) is 0 Å². The van der Waals surface area contributed by atoms with E-state index in [0.29, 0.717) is 40.6 Å². The summed E-state index contributed by atoms with van der Waals surface area (Å²) in [6.45, 7) is 6.96. The molecule has 5 aromatic carbocycles. The van der Waals surface area contributed by atoms with E-state index in [2.05, 4.69) is 70.9 Å². The molecule has 4 heterocycles. The molecule has 9 rings (SSSR count). The van der Waals surface area contributed by atoms with E-state index >= 15 is 0 Å². The normalized spacial score (nSPS) is 16.3. The predicted octanol–water partition coefficient (Wildman–Crippen LogP) is 11.5. The SMILES string of the molecule is CCCCn1cc(C2CCN(C(=O)COc3ccc(Cl)cc3)C2)c2ccccc21.O=C(Cc1ccc(Cl)cc1)N1CCC(c2cn(Cc3cccc(F)c3)c3ccccc23)C1. The van der Waals surface area contributed by atoms with Crippen LogP contribution in [0.15, 0.2) is 134 Å². The first-order chi connectivity index (χ1) is 29.7. The molecule has 0 bridgehead atoms. The smallest absolute Gasteiger partial charge is 0.260 e. The summed E-state index contributed by atoms with van der Waals surface area (Å²) in [5.74, 6) is 1.31. The second kappa shape index (κ2) is 19.4. The quantitative estimate of drug-likeness (QED) is 0.123. The third-order valence-electron chi connectivity index (χ3n) is 12.0. The average molecular weight is 858 g/mol. The largest absolute Gasteiger partial charge is 0.484 e. The zero-order valence-corrected chi connectivity index (χ0v) is 36.0. The van der Waals surface area contributed by atoms with Gasteiger partial charge in [-0.3, -0.25) is 9.59 Å². The maximum Gasteiger partial charge on any atom is 0.260 e. The van der Waals surface area contributed by atoms with Gasteiger partial charge in [-0.25, -0.2) is 4.39 Å². The minimum Gasteiger partial charge on any atom is -0.484 e. The number of halogens is 3. The zero-order valence-electron chi connectivity index (χ0n) is 34.5. The molecule has 7 nitrogen and oxygen atoms in total. The van der Waals surface area contributed by atoms with Gasteiger partial charge in [0.15, 0.2) is 6.61 Å². The molecule has 0 radical (unpaired) electrons. The number of aromatic nitrogens is 2. The summed E-state index contributed by atoms with van der Waals surface area (Å²) < 4.78 is 23.9. The number of benzene rings is 5. The van der Waals surface area contributed by atoms with Crippen LogP contribution >= 0.6 is 23.2 Å². The number of unbranched alkanes of at least 4 members (excludes halogenated alkanes) is 1. The topological polar surface area (TPSA) is 59.7 Å². The Hall–Kier alpha value is -5.57. The molecular weight excluding hydrogens is 806 g/mol. The van der Waals surface area contributed by atoms with Gasteiger partial charge in [0.1, 0.15) is 11.6 Å². The lowest BCUT2D eigenvalue weighted by Crippen LogP contribution is -2.32. The van der Waals surface area contributed by atoms with Gasteiger partial charge < -0.3 is 23.7 Å². The van der Waals surface area contributed by atoms with Gasteiger partial charge in [-0.1, -0.05) is 97.2 Å². The molecule has 2 atom stereocenters. The van der Waals surface area contributed by atoms with E-state index in [4.69, 9.17) is 27.9 Å². The fourth-order valence-corrected chi connectivity index (χ4v) is 9.07. The van der Waals surface area contributed by atoms with Gasteiger partial charge in [-0.2, -0.15) is 0 Å². The highest BCUT2D eigenvalue weighted by Crippen LogP contribution is 2.36. The summed E-state index contributed by atoms with van der Waals surface area (Å²) in [5, 5.41) is 3.86. The van der Waals surface area contributed by atoms with Crippen LogP contribution in [0.1, 0.15) is 66.7 Å². The predicted molar refractivity (Wildman–Crippen MR) is 244 cm³/mol. The van der Waals surface area contributed by atoms with Crippen LogP contribution < -0.4 is 4.74 Å². The maximum absolute atomic E-state index is 13.7. The Kier molecular flexibility index (Phi) is 13.4. The first kappa shape index (κ1) is 42.1. The molecule has 2 aliphatic rings. The molecule has 2 aliphatic heterocycles. The standard InChI is InChI=1S/C27H24ClFN2O.C24H27ClN2O2/c28-22-10-8-19(9-11-22)15-27(32)30-13-12-21(17-30)25-18-31(26-7-2-1-6-24(25)26)16-20-4-3-5-23(29)14-20;1-2-3-13-26-16-22(21-6-4-5-7-23(21)26)18-12-14-27(15-18)24(28)17-29-20-10-8-19(25)9-11-20/h1-11,14,18,21H,12-13,15-17H2;4-11,16,18H,2-3,12-15,17H2,1H3. The van der Waals surface area contributed by atoms with E-state index in [-0.39, 0.29) is 24.2 Å². The minimum absolute atomic E-state index is 0.0390. The number of hydrogen-bond acceptors (Lipinski definition) is 3. The van der Waals surface area contributed by atoms with E-state index in [1.54, 1.807) is 36.4 Å². The lowest BCUT2D eigenvalue weighted by Gasteiger charge is -2.17. The number of ether oxygens (including phenoxy) is 1. The highest BCUT2D eigenvalue weighted by atomic mass is 35.5. The van der Waals surface area contributed by atoms with Gasteiger partial charge in [-0.05, 0) is 102 Å². The molecule has 2 saturated heterocycles. The van der Waals surface area contributed by atoms with Crippen LogP contribution in [0, 0.1) is 5.82 Å². The van der Waals surface area contributed by atoms with Crippen LogP contribution in [0.25, 0.3) is 21.8 Å². The Bertz CT molecular complexity index is 2600. The average Bonchev–Trinajstić information content (AvgIpc) is 4.10. The molecule has 61 heavy (non-hydrogen) atoms. The zero-order chi connectivity index (χ0) is 42.3. The highest BCUT2D eigenvalue weighted by Gasteiger charge is 2.31. The second-order valence-electron chi connectivity index (χ2n) is 16.2. The number of likely N-dealkylation sites (tertiary alicyclic amines) is 2. The third kappa shape index (κ3) is 10.1. The van der Waals surface area contributed by atoms with Crippen LogP contribution in [0.4, 0.5) is 4.39 Å². The number of nitrogens with zero attached hydrogens (tertiary/aromatic N) is 4. The van der Waals surface area contributed by atoms with Crippen molar-refractivity contribution in [2.45, 2.75) is 64.0 Å². The molecular formula is C51H51Cl2FN4O3. The van der Waals surface area contributed by atoms with Crippen molar-refractivity contribution in [1.29, 1.82) is 0 Å². The van der Waals surface area contributed by atoms with Crippen molar-refractivity contribution >= 4 is 56.8 Å². The maximum atomic E-state index is 13.7. The molecule has 2 aromatic heterocycles. The minimum atomic E-state index is -0.218. The van der Waals surface area contributed by atoms with E-state index in [1.807, 2.05) is 46.2 Å². The fraction of sp³-hybridized carbons (Fsp3) is 0.294. The number of hydrogen-bond donors (Lipinski definition) is 0. The van der Waals surface area contributed by atoms with Gasteiger partial charge >= 0.3 is 0 Å². The van der Waals surface area contributed by atoms with Crippen molar-refractivity contribution in [1.82, 2.24) is 18.9 Å². The molecule has 314 valence electrons. The Morgan fingerprint density at radius 2 is 1.25 bits per heavy atom. The molecule has 0 saturated carbocycles. The number of aryl methyl sites for hydroxylation is 1. The molecule has 0 spiro atoms. The number of para-hydroxylation sites is 2. The van der Waals surface area contributed by atoms with Crippen LogP contribution in [0.3, 0.4) is 0 Å². The van der Waals surface area contributed by atoms with E-state index in [9.17, 15) is 14.0 Å². The third-order valence-corrected chi connectivity index (χ3v) is 12.5. The van der Waals surface area contributed by atoms with Crippen molar-refractivity contribution < 1.29 is 18.7 Å². The highest BCUT2D eigenvalue weighted by molar-refractivity contribution is 6.30. The number of rotatable bonds is 12. The van der Waals surface area contributed by atoms with Crippen molar-refractivity contribution in [3.8, 4) is 5.75 Å². The number of amides is 2. The van der Waals surface area contributed by atoms with Gasteiger partial charge in [0.2, 0.25) is 5.91 Å². The van der Waals surface area contributed by atoms with E-state index in [0.717, 1.165) is 62.2 Å². The molecule has 2 unspecified atom stereocenters. The molecule has 10 heteroatoms. The lowest BCUT2D eigenvalue weighted by atomic mass is 9.98. The molecule has 0 N–H and O–H groups in total. The van der Waals surface area contributed by atoms with Crippen LogP contribution in [-0.4, -0.2) is 63.5 Å². The fourth-order valence-electron chi connectivity index (χ4n) is 8.81. The van der Waals surface area contributed by atoms with Crippen molar-refractivity contribution in [2.24, 2.45) is 0 Å². The van der Waals surface area contributed by atoms with E-state index in [1.165, 1.54) is 46.3 Å². The van der Waals surface area contributed by atoms with E-state index < -0.39 is 0 Å². The van der Waals surface area contributed by atoms with Crippen molar-refractivity contribution in [2.75, 3.05) is 32.8 Å². The van der Waals surface area contributed by atoms with Gasteiger partial charge in [0, 0.05) is 95.3 Å². The molecule has 2 amide bonds. The summed E-state index contributed by atoms with van der Waals surface area (Å²) >= 11 is 11.8. The monoisotopic (exact) mass is 856 g/mol. The van der Waals surface area contributed by atoms with Crippen molar-refractivity contribution in [3.05, 3.63) is 172 Å². The Balaban J connectivity index is 0.000000169. The lowest BCUT2D eigenvalue weighted by molar-refractivity contribution is -0.132. The van der Waals surface area contributed by atoms with Crippen LogP contribution in [0.2, 0.25) is 10.0 Å². The van der Waals surface area contributed by atoms with Crippen LogP contribution in [-0.2, 0) is 29.1 Å². The molecule has 7 aromatic rings. The Morgan fingerprint density at radius 3 is 1.87 bits per heavy atom. The number of carbonyl (C=O) groups excluding carboxylic acids is 2. The van der Waals surface area contributed by atoms with Gasteiger partial charge in [0.05, 0.1) is 6.42 Å². The summed E-state index contributed by atoms with van der Waals surface area (Å²) in [6.07, 6.45) is 9.19. The summed E-state index contributed by atoms with van der Waals surface area (Å²) in [5.41, 5.74) is 6.98. The summed E-state index contributed by atoms with van der Waals surface area (Å²) in [6, 6.07) is 38.3. The van der Waals surface area contributed by atoms with Crippen LogP contribution in [0.5, 0.6) is 5.75 Å². The first-order valence-corrected chi connectivity index (χ1v) is 22.1. The molecule has 2 fully saturated rings. The van der Waals surface area contributed by atoms with Gasteiger partial charge in [-0.15, -0.1) is 0 Å². The Labute approximate surface area is 367 Å². The molecule has 0 aliphatic carbocycles. The summed E-state index contributed by atoms with van der Waals surface area (Å²) in [7, 11) is 0. The first-order valence-electron chi connectivity index (χ1n) is 21.3. The number of fused-ring (bicyclic) bond motifs is 2.